The summed E-state index contributed by atoms with van der Waals surface area (Å²) in [5.41, 5.74) is 3.13. The summed E-state index contributed by atoms with van der Waals surface area (Å²) in [6.45, 7) is 1.86. The minimum atomic E-state index is 0.0954. The Morgan fingerprint density at radius 2 is 1.93 bits per heavy atom. The van der Waals surface area contributed by atoms with Crippen LogP contribution in [0.15, 0.2) is 46.9 Å². The highest BCUT2D eigenvalue weighted by molar-refractivity contribution is 9.10. The first-order valence-corrected chi connectivity index (χ1v) is 9.39. The van der Waals surface area contributed by atoms with Gasteiger partial charge in [0, 0.05) is 17.4 Å². The lowest BCUT2D eigenvalue weighted by Gasteiger charge is -2.10. The molecule has 0 bridgehead atoms. The number of para-hydroxylation sites is 1. The number of carbonyl (C=O) groups is 1. The zero-order valence-electron chi connectivity index (χ0n) is 15.5. The van der Waals surface area contributed by atoms with Gasteiger partial charge in [-0.25, -0.2) is 4.98 Å². The van der Waals surface area contributed by atoms with Gasteiger partial charge in [0.2, 0.25) is 0 Å². The molecule has 0 saturated carbocycles. The Labute approximate surface area is 167 Å². The highest BCUT2D eigenvalue weighted by Crippen LogP contribution is 2.36. The molecular formula is C22H20BrNO3. The molecule has 5 heteroatoms. The van der Waals surface area contributed by atoms with E-state index in [1.54, 1.807) is 14.2 Å². The minimum absolute atomic E-state index is 0.0954. The second kappa shape index (κ2) is 8.35. The molecule has 0 aliphatic carbocycles. The fourth-order valence-electron chi connectivity index (χ4n) is 2.89. The number of hydrogen-bond donors (Lipinski definition) is 0. The highest BCUT2D eigenvalue weighted by Gasteiger charge is 2.11. The van der Waals surface area contributed by atoms with Gasteiger partial charge >= 0.3 is 0 Å². The molecule has 1 heterocycles. The smallest absolute Gasteiger partial charge is 0.174 e. The molecule has 27 heavy (non-hydrogen) atoms. The molecule has 0 fully saturated rings. The normalized spacial score (nSPS) is 11.1. The van der Waals surface area contributed by atoms with Crippen molar-refractivity contribution in [3.8, 4) is 11.5 Å². The molecular weight excluding hydrogens is 406 g/mol. The van der Waals surface area contributed by atoms with Crippen molar-refractivity contribution >= 4 is 44.8 Å². The maximum Gasteiger partial charge on any atom is 0.174 e. The van der Waals surface area contributed by atoms with Crippen LogP contribution in [0.4, 0.5) is 0 Å². The molecule has 4 nitrogen and oxygen atoms in total. The summed E-state index contributed by atoms with van der Waals surface area (Å²) in [5.74, 6) is 1.40. The van der Waals surface area contributed by atoms with Crippen molar-refractivity contribution < 1.29 is 14.3 Å². The van der Waals surface area contributed by atoms with E-state index >= 15 is 0 Å². The Balaban J connectivity index is 1.99. The third-order valence-corrected chi connectivity index (χ3v) is 4.85. The van der Waals surface area contributed by atoms with Crippen LogP contribution in [-0.4, -0.2) is 25.0 Å². The lowest BCUT2D eigenvalue weighted by molar-refractivity contribution is 0.0989. The van der Waals surface area contributed by atoms with Gasteiger partial charge in [-0.1, -0.05) is 31.2 Å². The number of hydrogen-bond acceptors (Lipinski definition) is 4. The zero-order valence-corrected chi connectivity index (χ0v) is 17.0. The number of methoxy groups -OCH3 is 2. The molecule has 0 unspecified atom stereocenters. The average Bonchev–Trinajstić information content (AvgIpc) is 2.70. The van der Waals surface area contributed by atoms with Crippen molar-refractivity contribution in [2.45, 2.75) is 13.3 Å². The van der Waals surface area contributed by atoms with E-state index in [4.69, 9.17) is 9.47 Å². The SMILES string of the molecule is CCC(=O)c1cccc2ccc(/C=C/c3cc(Br)c(OC)c(OC)c3)nc12. The second-order valence-corrected chi connectivity index (χ2v) is 6.82. The van der Waals surface area contributed by atoms with Gasteiger partial charge in [-0.2, -0.15) is 0 Å². The molecule has 1 aromatic heterocycles. The second-order valence-electron chi connectivity index (χ2n) is 5.96. The van der Waals surface area contributed by atoms with E-state index in [2.05, 4.69) is 20.9 Å². The van der Waals surface area contributed by atoms with Crippen molar-refractivity contribution in [2.75, 3.05) is 14.2 Å². The van der Waals surface area contributed by atoms with Gasteiger partial charge in [0.25, 0.3) is 0 Å². The van der Waals surface area contributed by atoms with Crippen LogP contribution in [0.3, 0.4) is 0 Å². The van der Waals surface area contributed by atoms with Crippen LogP contribution in [-0.2, 0) is 0 Å². The summed E-state index contributed by atoms with van der Waals surface area (Å²) in [6.07, 6.45) is 4.33. The Bertz CT molecular complexity index is 1030. The van der Waals surface area contributed by atoms with Crippen molar-refractivity contribution in [1.29, 1.82) is 0 Å². The van der Waals surface area contributed by atoms with E-state index in [0.717, 1.165) is 26.6 Å². The number of pyridine rings is 1. The van der Waals surface area contributed by atoms with Gasteiger partial charge in [-0.05, 0) is 51.8 Å². The molecule has 0 radical (unpaired) electrons. The molecule has 0 N–H and O–H groups in total. The predicted molar refractivity (Wildman–Crippen MR) is 113 cm³/mol. The largest absolute Gasteiger partial charge is 0.493 e. The lowest BCUT2D eigenvalue weighted by atomic mass is 10.0. The number of rotatable bonds is 6. The Morgan fingerprint density at radius 1 is 1.11 bits per heavy atom. The number of Topliss-reactive ketones (excluding diaryl/α,β-unsaturated/α-hetero) is 1. The summed E-state index contributed by atoms with van der Waals surface area (Å²) in [5, 5.41) is 0.959. The molecule has 0 spiro atoms. The first-order chi connectivity index (χ1) is 13.1. The third-order valence-electron chi connectivity index (χ3n) is 4.27. The van der Waals surface area contributed by atoms with Crippen LogP contribution in [0.1, 0.15) is 35.0 Å². The fraction of sp³-hybridized carbons (Fsp3) is 0.182. The fourth-order valence-corrected chi connectivity index (χ4v) is 3.51. The standard InChI is InChI=1S/C22H20BrNO3/c1-4-19(25)17-7-5-6-15-9-11-16(24-21(15)17)10-8-14-12-18(23)22(27-3)20(13-14)26-2/h5-13H,4H2,1-3H3/b10-8+. The molecule has 0 aliphatic heterocycles. The summed E-state index contributed by atoms with van der Waals surface area (Å²) >= 11 is 3.50. The van der Waals surface area contributed by atoms with Gasteiger partial charge in [-0.15, -0.1) is 0 Å². The van der Waals surface area contributed by atoms with Gasteiger partial charge < -0.3 is 9.47 Å². The van der Waals surface area contributed by atoms with Gasteiger partial charge in [0.15, 0.2) is 17.3 Å². The molecule has 3 aromatic rings. The Morgan fingerprint density at radius 3 is 2.63 bits per heavy atom. The average molecular weight is 426 g/mol. The molecule has 0 aliphatic rings. The van der Waals surface area contributed by atoms with Crippen LogP contribution in [0.25, 0.3) is 23.1 Å². The summed E-state index contributed by atoms with van der Waals surface area (Å²) in [6, 6.07) is 13.5. The number of nitrogens with zero attached hydrogens (tertiary/aromatic N) is 1. The van der Waals surface area contributed by atoms with E-state index in [-0.39, 0.29) is 5.78 Å². The van der Waals surface area contributed by atoms with Crippen molar-refractivity contribution in [1.82, 2.24) is 4.98 Å². The van der Waals surface area contributed by atoms with Crippen LogP contribution >= 0.6 is 15.9 Å². The number of ketones is 1. The van der Waals surface area contributed by atoms with Crippen molar-refractivity contribution in [3.63, 3.8) is 0 Å². The first kappa shape index (κ1) is 19.1. The van der Waals surface area contributed by atoms with Crippen LogP contribution in [0.2, 0.25) is 0 Å². The molecule has 0 atom stereocenters. The summed E-state index contributed by atoms with van der Waals surface area (Å²) < 4.78 is 11.5. The predicted octanol–water partition coefficient (Wildman–Crippen LogP) is 5.78. The van der Waals surface area contributed by atoms with E-state index in [9.17, 15) is 4.79 Å². The number of aromatic nitrogens is 1. The number of carbonyl (C=O) groups excluding carboxylic acids is 1. The number of halogens is 1. The summed E-state index contributed by atoms with van der Waals surface area (Å²) in [4.78, 5) is 16.9. The Kier molecular flexibility index (Phi) is 5.91. The topological polar surface area (TPSA) is 48.4 Å². The maximum absolute atomic E-state index is 12.2. The van der Waals surface area contributed by atoms with Crippen LogP contribution in [0.5, 0.6) is 11.5 Å². The quantitative estimate of drug-likeness (QED) is 0.469. The number of fused-ring (bicyclic) bond motifs is 1. The number of benzene rings is 2. The monoisotopic (exact) mass is 425 g/mol. The highest BCUT2D eigenvalue weighted by atomic mass is 79.9. The van der Waals surface area contributed by atoms with E-state index in [1.807, 2.05) is 61.5 Å². The number of ether oxygens (including phenoxy) is 2. The third kappa shape index (κ3) is 4.03. The lowest BCUT2D eigenvalue weighted by Crippen LogP contribution is -1.99. The van der Waals surface area contributed by atoms with E-state index < -0.39 is 0 Å². The Hall–Kier alpha value is -2.66. The van der Waals surface area contributed by atoms with Crippen LogP contribution in [0, 0.1) is 0 Å². The van der Waals surface area contributed by atoms with Gasteiger partial charge in [0.1, 0.15) is 0 Å². The molecule has 2 aromatic carbocycles. The van der Waals surface area contributed by atoms with Crippen molar-refractivity contribution in [3.05, 3.63) is 63.8 Å². The van der Waals surface area contributed by atoms with Gasteiger partial charge in [-0.3, -0.25) is 4.79 Å². The van der Waals surface area contributed by atoms with E-state index in [1.165, 1.54) is 0 Å². The van der Waals surface area contributed by atoms with E-state index in [0.29, 0.717) is 23.5 Å². The molecule has 0 saturated heterocycles. The molecule has 3 rings (SSSR count). The van der Waals surface area contributed by atoms with Crippen molar-refractivity contribution in [2.24, 2.45) is 0 Å². The molecule has 138 valence electrons. The first-order valence-electron chi connectivity index (χ1n) is 8.60. The minimum Gasteiger partial charge on any atom is -0.493 e. The van der Waals surface area contributed by atoms with Gasteiger partial charge in [0.05, 0.1) is 29.9 Å². The van der Waals surface area contributed by atoms with Crippen LogP contribution < -0.4 is 9.47 Å². The maximum atomic E-state index is 12.2. The molecule has 0 amide bonds. The zero-order chi connectivity index (χ0) is 19.4. The summed E-state index contributed by atoms with van der Waals surface area (Å²) in [7, 11) is 3.21.